The summed E-state index contributed by atoms with van der Waals surface area (Å²) in [6.07, 6.45) is 0. The minimum Gasteiger partial charge on any atom is -0.459 e. The highest BCUT2D eigenvalue weighted by Crippen LogP contribution is 2.27. The van der Waals surface area contributed by atoms with Crippen LogP contribution in [0.15, 0.2) is 59.0 Å². The van der Waals surface area contributed by atoms with Crippen molar-refractivity contribution in [3.05, 3.63) is 71.5 Å². The number of benzene rings is 2. The summed E-state index contributed by atoms with van der Waals surface area (Å²) < 4.78 is 5.82. The molecule has 2 atom stereocenters. The molecule has 126 valence electrons. The summed E-state index contributed by atoms with van der Waals surface area (Å²) in [7, 11) is 0. The van der Waals surface area contributed by atoms with Gasteiger partial charge in [0.25, 0.3) is 5.91 Å². The molecular formula is C20H18N2O3. The van der Waals surface area contributed by atoms with Crippen molar-refractivity contribution in [2.75, 3.05) is 6.54 Å². The monoisotopic (exact) mass is 334 g/mol. The predicted molar refractivity (Wildman–Crippen MR) is 94.3 cm³/mol. The maximum absolute atomic E-state index is 12.8. The number of amides is 2. The highest BCUT2D eigenvalue weighted by Gasteiger charge is 2.31. The fourth-order valence-corrected chi connectivity index (χ4v) is 3.24. The Bertz CT molecular complexity index is 927. The molecule has 0 saturated heterocycles. The predicted octanol–water partition coefficient (Wildman–Crippen LogP) is 3.14. The van der Waals surface area contributed by atoms with Crippen LogP contribution < -0.4 is 10.6 Å². The van der Waals surface area contributed by atoms with E-state index in [1.807, 2.05) is 49.4 Å². The van der Waals surface area contributed by atoms with Crippen LogP contribution in [0.25, 0.3) is 11.0 Å². The van der Waals surface area contributed by atoms with Crippen LogP contribution in [0.4, 0.5) is 0 Å². The lowest BCUT2D eigenvalue weighted by molar-refractivity contribution is -0.123. The minimum atomic E-state index is -0.402. The molecule has 2 N–H and O–H groups in total. The van der Waals surface area contributed by atoms with Crippen molar-refractivity contribution in [1.82, 2.24) is 10.6 Å². The molecule has 0 aliphatic carbocycles. The highest BCUT2D eigenvalue weighted by atomic mass is 16.3. The molecule has 0 radical (unpaired) electrons. The smallest absolute Gasteiger partial charge is 0.251 e. The van der Waals surface area contributed by atoms with Crippen molar-refractivity contribution in [1.29, 1.82) is 0 Å². The lowest BCUT2D eigenvalue weighted by Gasteiger charge is -2.26. The van der Waals surface area contributed by atoms with E-state index in [0.717, 1.165) is 16.5 Å². The molecular weight excluding hydrogens is 316 g/mol. The van der Waals surface area contributed by atoms with E-state index in [1.54, 1.807) is 12.1 Å². The molecule has 0 spiro atoms. The van der Waals surface area contributed by atoms with Crippen molar-refractivity contribution in [2.24, 2.45) is 0 Å². The Morgan fingerprint density at radius 1 is 1.20 bits per heavy atom. The van der Waals surface area contributed by atoms with Gasteiger partial charge in [0.2, 0.25) is 5.91 Å². The summed E-state index contributed by atoms with van der Waals surface area (Å²) >= 11 is 0. The largest absolute Gasteiger partial charge is 0.459 e. The second kappa shape index (κ2) is 6.09. The molecule has 25 heavy (non-hydrogen) atoms. The van der Waals surface area contributed by atoms with Gasteiger partial charge in [-0.25, -0.2) is 0 Å². The van der Waals surface area contributed by atoms with Crippen molar-refractivity contribution in [3.8, 4) is 0 Å². The van der Waals surface area contributed by atoms with Crippen LogP contribution in [-0.4, -0.2) is 18.4 Å². The zero-order valence-electron chi connectivity index (χ0n) is 13.8. The van der Waals surface area contributed by atoms with E-state index in [1.165, 1.54) is 0 Å². The van der Waals surface area contributed by atoms with Gasteiger partial charge >= 0.3 is 0 Å². The third kappa shape index (κ3) is 2.78. The van der Waals surface area contributed by atoms with E-state index in [9.17, 15) is 9.59 Å². The van der Waals surface area contributed by atoms with Crippen LogP contribution in [0, 0.1) is 0 Å². The Morgan fingerprint density at radius 2 is 1.96 bits per heavy atom. The zero-order chi connectivity index (χ0) is 17.4. The maximum atomic E-state index is 12.8. The van der Waals surface area contributed by atoms with Crippen molar-refractivity contribution in [3.63, 3.8) is 0 Å². The lowest BCUT2D eigenvalue weighted by atomic mass is 9.89. The number of carbonyl (C=O) groups is 2. The molecule has 2 amide bonds. The maximum Gasteiger partial charge on any atom is 0.251 e. The van der Waals surface area contributed by atoms with Crippen molar-refractivity contribution < 1.29 is 14.0 Å². The number of hydrogen-bond acceptors (Lipinski definition) is 3. The van der Waals surface area contributed by atoms with E-state index in [4.69, 9.17) is 4.42 Å². The first-order valence-electron chi connectivity index (χ1n) is 8.29. The van der Waals surface area contributed by atoms with E-state index in [2.05, 4.69) is 10.6 Å². The number of hydrogen-bond donors (Lipinski definition) is 2. The molecule has 1 aliphatic heterocycles. The first-order valence-corrected chi connectivity index (χ1v) is 8.29. The highest BCUT2D eigenvalue weighted by molar-refractivity contribution is 6.00. The molecule has 5 nitrogen and oxygen atoms in total. The first-order chi connectivity index (χ1) is 12.1. The molecule has 5 heteroatoms. The summed E-state index contributed by atoms with van der Waals surface area (Å²) in [6.45, 7) is 2.19. The van der Waals surface area contributed by atoms with Crippen molar-refractivity contribution in [2.45, 2.75) is 18.9 Å². The first kappa shape index (κ1) is 15.4. The molecule has 0 bridgehead atoms. The average Bonchev–Trinajstić information content (AvgIpc) is 3.06. The van der Waals surface area contributed by atoms with Gasteiger partial charge in [0, 0.05) is 17.5 Å². The second-order valence-electron chi connectivity index (χ2n) is 6.27. The number of carbonyl (C=O) groups excluding carboxylic acids is 2. The molecule has 1 aromatic heterocycles. The van der Waals surface area contributed by atoms with Gasteiger partial charge in [-0.1, -0.05) is 36.4 Å². The van der Waals surface area contributed by atoms with Crippen LogP contribution >= 0.6 is 0 Å². The molecule has 1 aliphatic rings. The van der Waals surface area contributed by atoms with Crippen molar-refractivity contribution >= 4 is 22.8 Å². The SMILES string of the molecule is C[C@@H](NC(=O)C1CNC(=O)c2ccccc21)c1cc2ccccc2o1. The summed E-state index contributed by atoms with van der Waals surface area (Å²) in [6, 6.07) is 16.7. The van der Waals surface area contributed by atoms with Crippen LogP contribution in [0.5, 0.6) is 0 Å². The van der Waals surface area contributed by atoms with Crippen LogP contribution in [-0.2, 0) is 4.79 Å². The standard InChI is InChI=1S/C20H18N2O3/c1-12(18-10-13-6-2-5-9-17(13)25-18)22-20(24)16-11-21-19(23)15-8-4-3-7-14(15)16/h2-10,12,16H,11H2,1H3,(H,21,23)(H,22,24)/t12-,16?/m1/s1. The Morgan fingerprint density at radius 3 is 2.80 bits per heavy atom. The van der Waals surface area contributed by atoms with Crippen LogP contribution in [0.2, 0.25) is 0 Å². The molecule has 3 aromatic rings. The summed E-state index contributed by atoms with van der Waals surface area (Å²) in [5, 5.41) is 6.79. The zero-order valence-corrected chi connectivity index (χ0v) is 13.8. The van der Waals surface area contributed by atoms with Crippen LogP contribution in [0.1, 0.15) is 40.6 Å². The molecule has 2 heterocycles. The Labute approximate surface area is 145 Å². The quantitative estimate of drug-likeness (QED) is 0.773. The third-order valence-electron chi connectivity index (χ3n) is 4.59. The summed E-state index contributed by atoms with van der Waals surface area (Å²) in [5.74, 6) is 0.0498. The normalized spacial score (nSPS) is 17.6. The topological polar surface area (TPSA) is 71.3 Å². The van der Waals surface area contributed by atoms with Gasteiger partial charge in [-0.2, -0.15) is 0 Å². The van der Waals surface area contributed by atoms with Gasteiger partial charge in [-0.3, -0.25) is 9.59 Å². The molecule has 2 aromatic carbocycles. The second-order valence-corrected chi connectivity index (χ2v) is 6.27. The fourth-order valence-electron chi connectivity index (χ4n) is 3.24. The number of fused-ring (bicyclic) bond motifs is 2. The van der Waals surface area contributed by atoms with E-state index >= 15 is 0 Å². The lowest BCUT2D eigenvalue weighted by Crippen LogP contribution is -2.42. The third-order valence-corrected chi connectivity index (χ3v) is 4.59. The Balaban J connectivity index is 1.55. The van der Waals surface area contributed by atoms with Gasteiger partial charge in [0.15, 0.2) is 0 Å². The number of para-hydroxylation sites is 1. The van der Waals surface area contributed by atoms with E-state index < -0.39 is 5.92 Å². The molecule has 1 unspecified atom stereocenters. The Kier molecular flexibility index (Phi) is 3.76. The van der Waals surface area contributed by atoms with Gasteiger partial charge in [0.1, 0.15) is 11.3 Å². The number of nitrogens with one attached hydrogen (secondary N) is 2. The van der Waals surface area contributed by atoms with Gasteiger partial charge < -0.3 is 15.1 Å². The minimum absolute atomic E-state index is 0.125. The summed E-state index contributed by atoms with van der Waals surface area (Å²) in [5.41, 5.74) is 2.12. The van der Waals surface area contributed by atoms with Gasteiger partial charge in [-0.05, 0) is 30.7 Å². The Hall–Kier alpha value is -3.08. The van der Waals surface area contributed by atoms with Crippen LogP contribution in [0.3, 0.4) is 0 Å². The number of furan rings is 1. The number of rotatable bonds is 3. The van der Waals surface area contributed by atoms with Gasteiger partial charge in [-0.15, -0.1) is 0 Å². The molecule has 0 fully saturated rings. The summed E-state index contributed by atoms with van der Waals surface area (Å²) in [4.78, 5) is 24.7. The van der Waals surface area contributed by atoms with Gasteiger partial charge in [0.05, 0.1) is 12.0 Å². The fraction of sp³-hybridized carbons (Fsp3) is 0.200. The average molecular weight is 334 g/mol. The molecule has 4 rings (SSSR count). The van der Waals surface area contributed by atoms with E-state index in [-0.39, 0.29) is 17.9 Å². The molecule has 0 saturated carbocycles. The van der Waals surface area contributed by atoms with E-state index in [0.29, 0.717) is 17.9 Å².